The normalized spacial score (nSPS) is 29.1. The summed E-state index contributed by atoms with van der Waals surface area (Å²) in [6, 6.07) is 1.80. The maximum absolute atomic E-state index is 12.7. The van der Waals surface area contributed by atoms with E-state index in [1.807, 2.05) is 14.1 Å². The van der Waals surface area contributed by atoms with Gasteiger partial charge in [-0.1, -0.05) is 0 Å². The van der Waals surface area contributed by atoms with Crippen LogP contribution in [0.5, 0.6) is 0 Å². The topological polar surface area (TPSA) is 58.6 Å². The van der Waals surface area contributed by atoms with E-state index in [0.717, 1.165) is 19.4 Å². The average molecular weight is 276 g/mol. The van der Waals surface area contributed by atoms with Gasteiger partial charge < -0.3 is 14.5 Å². The smallest absolute Gasteiger partial charge is 0.232 e. The van der Waals surface area contributed by atoms with Crippen molar-refractivity contribution in [2.45, 2.75) is 18.9 Å². The molecule has 6 heteroatoms. The zero-order chi connectivity index (χ0) is 14.2. The van der Waals surface area contributed by atoms with Crippen LogP contribution in [0, 0.1) is 5.41 Å². The van der Waals surface area contributed by atoms with Crippen molar-refractivity contribution in [3.63, 3.8) is 0 Å². The van der Waals surface area contributed by atoms with Gasteiger partial charge in [-0.2, -0.15) is 0 Å². The van der Waals surface area contributed by atoms with E-state index in [-0.39, 0.29) is 12.0 Å². The Morgan fingerprint density at radius 2 is 2.20 bits per heavy atom. The molecule has 1 aromatic rings. The highest BCUT2D eigenvalue weighted by atomic mass is 16.5. The lowest BCUT2D eigenvalue weighted by Gasteiger charge is -2.43. The molecule has 0 saturated carbocycles. The maximum Gasteiger partial charge on any atom is 0.232 e. The molecule has 1 aromatic heterocycles. The van der Waals surface area contributed by atoms with Gasteiger partial charge in [0.15, 0.2) is 0 Å². The molecule has 108 valence electrons. The molecule has 1 amide bonds. The van der Waals surface area contributed by atoms with Gasteiger partial charge in [0.25, 0.3) is 0 Å². The Balaban J connectivity index is 1.89. The minimum Gasteiger partial charge on any atom is -0.377 e. The van der Waals surface area contributed by atoms with Crippen molar-refractivity contribution < 1.29 is 9.53 Å². The molecule has 20 heavy (non-hydrogen) atoms. The van der Waals surface area contributed by atoms with Crippen LogP contribution in [0.3, 0.4) is 0 Å². The van der Waals surface area contributed by atoms with E-state index in [9.17, 15) is 4.79 Å². The van der Waals surface area contributed by atoms with Gasteiger partial charge in [-0.15, -0.1) is 0 Å². The summed E-state index contributed by atoms with van der Waals surface area (Å²) in [5.74, 6) is 0.851. The van der Waals surface area contributed by atoms with Crippen LogP contribution >= 0.6 is 0 Å². The largest absolute Gasteiger partial charge is 0.377 e. The molecule has 6 nitrogen and oxygen atoms in total. The van der Waals surface area contributed by atoms with E-state index in [1.54, 1.807) is 23.4 Å². The number of carbonyl (C=O) groups excluding carboxylic acids is 1. The van der Waals surface area contributed by atoms with Gasteiger partial charge in [0, 0.05) is 46.2 Å². The quantitative estimate of drug-likeness (QED) is 0.789. The molecule has 0 aromatic carbocycles. The van der Waals surface area contributed by atoms with Crippen LogP contribution in [0.1, 0.15) is 12.8 Å². The van der Waals surface area contributed by atoms with Gasteiger partial charge in [-0.3, -0.25) is 4.79 Å². The Bertz CT molecular complexity index is 493. The first-order valence-electron chi connectivity index (χ1n) is 6.99. The molecule has 2 fully saturated rings. The van der Waals surface area contributed by atoms with Gasteiger partial charge in [-0.25, -0.2) is 9.97 Å². The van der Waals surface area contributed by atoms with Crippen LogP contribution in [-0.2, 0) is 9.53 Å². The molecular formula is C14H20N4O2. The van der Waals surface area contributed by atoms with Crippen molar-refractivity contribution in [2.24, 2.45) is 5.41 Å². The van der Waals surface area contributed by atoms with Crippen LogP contribution < -0.4 is 4.90 Å². The van der Waals surface area contributed by atoms with Crippen LogP contribution in [0.15, 0.2) is 18.5 Å². The summed E-state index contributed by atoms with van der Waals surface area (Å²) in [5, 5.41) is 0. The first-order valence-corrected chi connectivity index (χ1v) is 6.99. The lowest BCUT2D eigenvalue weighted by molar-refractivity contribution is -0.143. The highest BCUT2D eigenvalue weighted by Crippen LogP contribution is 2.42. The number of hydrogen-bond acceptors (Lipinski definition) is 5. The van der Waals surface area contributed by atoms with E-state index >= 15 is 0 Å². The fourth-order valence-corrected chi connectivity index (χ4v) is 3.32. The second kappa shape index (κ2) is 5.01. The predicted molar refractivity (Wildman–Crippen MR) is 74.3 cm³/mol. The zero-order valence-electron chi connectivity index (χ0n) is 12.0. The molecule has 0 spiro atoms. The minimum absolute atomic E-state index is 0.0253. The van der Waals surface area contributed by atoms with Crippen molar-refractivity contribution in [3.8, 4) is 0 Å². The summed E-state index contributed by atoms with van der Waals surface area (Å²) in [6.07, 6.45) is 5.12. The monoisotopic (exact) mass is 276 g/mol. The Labute approximate surface area is 118 Å². The number of fused-ring (bicyclic) bond motifs is 1. The number of carbonyl (C=O) groups is 1. The van der Waals surface area contributed by atoms with Crippen molar-refractivity contribution in [2.75, 3.05) is 38.7 Å². The molecule has 0 unspecified atom stereocenters. The van der Waals surface area contributed by atoms with Crippen LogP contribution in [0.2, 0.25) is 0 Å². The van der Waals surface area contributed by atoms with Crippen LogP contribution in [-0.4, -0.2) is 60.7 Å². The first-order chi connectivity index (χ1) is 9.63. The first kappa shape index (κ1) is 13.3. The third kappa shape index (κ3) is 2.04. The second-order valence-corrected chi connectivity index (χ2v) is 5.72. The van der Waals surface area contributed by atoms with Crippen molar-refractivity contribution in [1.82, 2.24) is 14.9 Å². The lowest BCUT2D eigenvalue weighted by atomic mass is 9.75. The van der Waals surface area contributed by atoms with Crippen molar-refractivity contribution in [1.29, 1.82) is 0 Å². The Morgan fingerprint density at radius 1 is 1.45 bits per heavy atom. The molecule has 2 atom stereocenters. The number of amides is 1. The number of anilines is 1. The number of nitrogens with zero attached hydrogens (tertiary/aromatic N) is 4. The average Bonchev–Trinajstić information content (AvgIpc) is 2.91. The fourth-order valence-electron chi connectivity index (χ4n) is 3.32. The molecule has 0 radical (unpaired) electrons. The molecule has 0 N–H and O–H groups in total. The molecule has 3 heterocycles. The molecule has 2 saturated heterocycles. The van der Waals surface area contributed by atoms with E-state index < -0.39 is 5.41 Å². The Hall–Kier alpha value is -1.69. The molecular weight excluding hydrogens is 256 g/mol. The second-order valence-electron chi connectivity index (χ2n) is 5.72. The number of piperidine rings is 1. The molecule has 2 aliphatic rings. The maximum atomic E-state index is 12.7. The van der Waals surface area contributed by atoms with Crippen LogP contribution in [0.25, 0.3) is 0 Å². The van der Waals surface area contributed by atoms with E-state index in [4.69, 9.17) is 4.74 Å². The zero-order valence-corrected chi connectivity index (χ0v) is 12.0. The summed E-state index contributed by atoms with van der Waals surface area (Å²) >= 11 is 0. The lowest BCUT2D eigenvalue weighted by Crippen LogP contribution is -2.57. The Morgan fingerprint density at radius 3 is 2.90 bits per heavy atom. The number of hydrogen-bond donors (Lipinski definition) is 0. The van der Waals surface area contributed by atoms with Crippen LogP contribution in [0.4, 0.5) is 5.95 Å². The Kier molecular flexibility index (Phi) is 3.33. The third-order valence-electron chi connectivity index (χ3n) is 4.28. The van der Waals surface area contributed by atoms with Gasteiger partial charge >= 0.3 is 0 Å². The summed E-state index contributed by atoms with van der Waals surface area (Å²) in [7, 11) is 3.62. The third-order valence-corrected chi connectivity index (χ3v) is 4.28. The van der Waals surface area contributed by atoms with Gasteiger partial charge in [0.1, 0.15) is 0 Å². The minimum atomic E-state index is -0.444. The fraction of sp³-hybridized carbons (Fsp3) is 0.643. The number of rotatable bonds is 2. The van der Waals surface area contributed by atoms with Gasteiger partial charge in [0.2, 0.25) is 11.9 Å². The number of ether oxygens (including phenoxy) is 1. The van der Waals surface area contributed by atoms with Gasteiger partial charge in [0.05, 0.1) is 11.5 Å². The summed E-state index contributed by atoms with van der Waals surface area (Å²) in [5.41, 5.74) is -0.444. The highest BCUT2D eigenvalue weighted by molar-refractivity contribution is 5.84. The molecule has 0 bridgehead atoms. The number of aromatic nitrogens is 2. The molecule has 3 rings (SSSR count). The van der Waals surface area contributed by atoms with E-state index in [0.29, 0.717) is 19.1 Å². The predicted octanol–water partition coefficient (Wildman–Crippen LogP) is 0.550. The summed E-state index contributed by atoms with van der Waals surface area (Å²) in [4.78, 5) is 25.0. The SMILES string of the molecule is CN(C)C(=O)[C@]12CCO[C@H]1CCN(c1ncccn1)C2. The highest BCUT2D eigenvalue weighted by Gasteiger charge is 2.54. The van der Waals surface area contributed by atoms with Crippen molar-refractivity contribution >= 4 is 11.9 Å². The summed E-state index contributed by atoms with van der Waals surface area (Å²) in [6.45, 7) is 2.13. The standard InChI is InChI=1S/C14H20N4O2/c1-17(2)12(19)14-5-9-20-11(14)4-8-18(10-14)13-15-6-3-7-16-13/h3,6-7,11H,4-5,8-10H2,1-2H3/t11-,14-/m0/s1. The molecule has 0 aliphatic carbocycles. The summed E-state index contributed by atoms with van der Waals surface area (Å²) < 4.78 is 5.80. The van der Waals surface area contributed by atoms with E-state index in [2.05, 4.69) is 14.9 Å². The van der Waals surface area contributed by atoms with Gasteiger partial charge in [-0.05, 0) is 18.9 Å². The molecule has 2 aliphatic heterocycles. The van der Waals surface area contributed by atoms with E-state index in [1.165, 1.54) is 0 Å². The van der Waals surface area contributed by atoms with Crippen molar-refractivity contribution in [3.05, 3.63) is 18.5 Å².